The van der Waals surface area contributed by atoms with E-state index in [0.29, 0.717) is 6.10 Å². The minimum absolute atomic E-state index is 0.447. The van der Waals surface area contributed by atoms with Gasteiger partial charge in [-0.15, -0.1) is 0 Å². The van der Waals surface area contributed by atoms with Crippen LogP contribution in [0.1, 0.15) is 25.5 Å². The summed E-state index contributed by atoms with van der Waals surface area (Å²) in [5.74, 6) is 1.86. The smallest absolute Gasteiger partial charge is 0.141 e. The molecule has 0 aromatic carbocycles. The number of pyridine rings is 1. The Balaban J connectivity index is 2.19. The Morgan fingerprint density at radius 3 is 2.86 bits per heavy atom. The Bertz CT molecular complexity index is 321. The molecule has 1 heterocycles. The van der Waals surface area contributed by atoms with Gasteiger partial charge in [0.2, 0.25) is 0 Å². The molecule has 1 saturated carbocycles. The normalized spacial score (nSPS) is 15.3. The third-order valence-electron chi connectivity index (χ3n) is 2.34. The molecular weight excluding hydrogens is 176 g/mol. The largest absolute Gasteiger partial charge is 0.489 e. The molecule has 1 N–H and O–H groups in total. The molecular formula is C11H16N2O. The standard InChI is InChI=1S/C11H16N2O/c1-3-9-10(14-8-4-5-8)6-7-11(12-2)13-9/h6-8H,3-5H2,1-2H3,(H,12,13). The van der Waals surface area contributed by atoms with Gasteiger partial charge in [0.1, 0.15) is 11.6 Å². The third-order valence-corrected chi connectivity index (χ3v) is 2.34. The summed E-state index contributed by atoms with van der Waals surface area (Å²) in [6.07, 6.45) is 3.74. The predicted octanol–water partition coefficient (Wildman–Crippen LogP) is 2.23. The van der Waals surface area contributed by atoms with Crippen molar-refractivity contribution in [1.29, 1.82) is 0 Å². The van der Waals surface area contributed by atoms with Crippen molar-refractivity contribution in [3.8, 4) is 5.75 Å². The van der Waals surface area contributed by atoms with Gasteiger partial charge in [-0.1, -0.05) is 6.92 Å². The molecule has 3 nitrogen and oxygen atoms in total. The van der Waals surface area contributed by atoms with Crippen LogP contribution in [0.2, 0.25) is 0 Å². The Labute approximate surface area is 84.5 Å². The SMILES string of the molecule is CCc1nc(NC)ccc1OC1CC1. The molecule has 0 unspecified atom stereocenters. The van der Waals surface area contributed by atoms with Crippen molar-refractivity contribution in [2.24, 2.45) is 0 Å². The summed E-state index contributed by atoms with van der Waals surface area (Å²) in [5, 5.41) is 3.03. The minimum Gasteiger partial charge on any atom is -0.489 e. The van der Waals surface area contributed by atoms with Crippen LogP contribution in [0.4, 0.5) is 5.82 Å². The molecule has 14 heavy (non-hydrogen) atoms. The van der Waals surface area contributed by atoms with E-state index in [2.05, 4.69) is 17.2 Å². The van der Waals surface area contributed by atoms with Crippen LogP contribution in [0.3, 0.4) is 0 Å². The zero-order valence-corrected chi connectivity index (χ0v) is 8.71. The second-order valence-corrected chi connectivity index (χ2v) is 3.56. The maximum atomic E-state index is 5.76. The molecule has 0 saturated heterocycles. The zero-order valence-electron chi connectivity index (χ0n) is 8.71. The summed E-state index contributed by atoms with van der Waals surface area (Å²) in [6.45, 7) is 2.10. The number of nitrogens with one attached hydrogen (secondary N) is 1. The van der Waals surface area contributed by atoms with E-state index in [-0.39, 0.29) is 0 Å². The first-order valence-electron chi connectivity index (χ1n) is 5.17. The highest BCUT2D eigenvalue weighted by atomic mass is 16.5. The van der Waals surface area contributed by atoms with Crippen LogP contribution in [-0.2, 0) is 6.42 Å². The van der Waals surface area contributed by atoms with Crippen LogP contribution in [0.15, 0.2) is 12.1 Å². The number of anilines is 1. The van der Waals surface area contributed by atoms with Gasteiger partial charge in [-0.2, -0.15) is 0 Å². The minimum atomic E-state index is 0.447. The van der Waals surface area contributed by atoms with Crippen molar-refractivity contribution >= 4 is 5.82 Å². The molecule has 2 rings (SSSR count). The molecule has 0 amide bonds. The zero-order chi connectivity index (χ0) is 9.97. The van der Waals surface area contributed by atoms with E-state index in [1.165, 1.54) is 12.8 Å². The van der Waals surface area contributed by atoms with E-state index in [4.69, 9.17) is 4.74 Å². The van der Waals surface area contributed by atoms with E-state index >= 15 is 0 Å². The van der Waals surface area contributed by atoms with Gasteiger partial charge in [0.15, 0.2) is 0 Å². The van der Waals surface area contributed by atoms with Crippen LogP contribution in [0.25, 0.3) is 0 Å². The molecule has 0 atom stereocenters. The first-order chi connectivity index (χ1) is 6.83. The lowest BCUT2D eigenvalue weighted by atomic mass is 10.2. The maximum Gasteiger partial charge on any atom is 0.141 e. The van der Waals surface area contributed by atoms with Crippen LogP contribution in [0.5, 0.6) is 5.75 Å². The molecule has 1 aliphatic carbocycles. The molecule has 0 radical (unpaired) electrons. The first-order valence-corrected chi connectivity index (χ1v) is 5.17. The average Bonchev–Trinajstić information content (AvgIpc) is 3.02. The third kappa shape index (κ3) is 1.97. The lowest BCUT2D eigenvalue weighted by molar-refractivity contribution is 0.298. The number of hydrogen-bond acceptors (Lipinski definition) is 3. The van der Waals surface area contributed by atoms with E-state index < -0.39 is 0 Å². The van der Waals surface area contributed by atoms with Gasteiger partial charge in [0.05, 0.1) is 11.8 Å². The lowest BCUT2D eigenvalue weighted by Gasteiger charge is -2.10. The second-order valence-electron chi connectivity index (χ2n) is 3.56. The fourth-order valence-corrected chi connectivity index (χ4v) is 1.35. The molecule has 0 bridgehead atoms. The van der Waals surface area contributed by atoms with Crippen molar-refractivity contribution in [2.45, 2.75) is 32.3 Å². The van der Waals surface area contributed by atoms with Gasteiger partial charge < -0.3 is 10.1 Å². The molecule has 1 aliphatic rings. The number of rotatable bonds is 4. The molecule has 0 spiro atoms. The van der Waals surface area contributed by atoms with Gasteiger partial charge in [-0.25, -0.2) is 4.98 Å². The van der Waals surface area contributed by atoms with E-state index in [1.54, 1.807) is 0 Å². The Morgan fingerprint density at radius 2 is 2.29 bits per heavy atom. The second kappa shape index (κ2) is 3.86. The molecule has 3 heteroatoms. The highest BCUT2D eigenvalue weighted by Crippen LogP contribution is 2.29. The Hall–Kier alpha value is -1.25. The summed E-state index contributed by atoms with van der Waals surface area (Å²) < 4.78 is 5.76. The fourth-order valence-electron chi connectivity index (χ4n) is 1.35. The quantitative estimate of drug-likeness (QED) is 0.794. The first kappa shape index (κ1) is 9.31. The van der Waals surface area contributed by atoms with Crippen molar-refractivity contribution in [3.63, 3.8) is 0 Å². The summed E-state index contributed by atoms with van der Waals surface area (Å²) in [6, 6.07) is 3.97. The van der Waals surface area contributed by atoms with Gasteiger partial charge in [0.25, 0.3) is 0 Å². The van der Waals surface area contributed by atoms with Gasteiger partial charge in [-0.3, -0.25) is 0 Å². The number of aromatic nitrogens is 1. The molecule has 1 aromatic rings. The summed E-state index contributed by atoms with van der Waals surface area (Å²) in [5.41, 5.74) is 1.05. The van der Waals surface area contributed by atoms with Gasteiger partial charge in [-0.05, 0) is 31.4 Å². The van der Waals surface area contributed by atoms with E-state index in [1.807, 2.05) is 19.2 Å². The van der Waals surface area contributed by atoms with Crippen LogP contribution >= 0.6 is 0 Å². The Morgan fingerprint density at radius 1 is 1.50 bits per heavy atom. The van der Waals surface area contributed by atoms with Crippen molar-refractivity contribution in [3.05, 3.63) is 17.8 Å². The number of hydrogen-bond donors (Lipinski definition) is 1. The van der Waals surface area contributed by atoms with Crippen LogP contribution < -0.4 is 10.1 Å². The molecule has 76 valence electrons. The van der Waals surface area contributed by atoms with Crippen LogP contribution in [-0.4, -0.2) is 18.1 Å². The van der Waals surface area contributed by atoms with Crippen LogP contribution in [0, 0.1) is 0 Å². The highest BCUT2D eigenvalue weighted by Gasteiger charge is 2.24. The summed E-state index contributed by atoms with van der Waals surface area (Å²) >= 11 is 0. The molecule has 1 fully saturated rings. The maximum absolute atomic E-state index is 5.76. The number of ether oxygens (including phenoxy) is 1. The van der Waals surface area contributed by atoms with Crippen molar-refractivity contribution in [2.75, 3.05) is 12.4 Å². The number of nitrogens with zero attached hydrogens (tertiary/aromatic N) is 1. The van der Waals surface area contributed by atoms with Crippen molar-refractivity contribution < 1.29 is 4.74 Å². The summed E-state index contributed by atoms with van der Waals surface area (Å²) in [4.78, 5) is 4.45. The molecule has 1 aromatic heterocycles. The predicted molar refractivity (Wildman–Crippen MR) is 56.8 cm³/mol. The number of aryl methyl sites for hydroxylation is 1. The average molecular weight is 192 g/mol. The lowest BCUT2D eigenvalue weighted by Crippen LogP contribution is -2.03. The van der Waals surface area contributed by atoms with Crippen molar-refractivity contribution in [1.82, 2.24) is 4.98 Å². The summed E-state index contributed by atoms with van der Waals surface area (Å²) in [7, 11) is 1.88. The fraction of sp³-hybridized carbons (Fsp3) is 0.545. The van der Waals surface area contributed by atoms with Gasteiger partial charge in [0, 0.05) is 7.05 Å². The Kier molecular flexibility index (Phi) is 2.57. The monoisotopic (exact) mass is 192 g/mol. The topological polar surface area (TPSA) is 34.2 Å². The van der Waals surface area contributed by atoms with Gasteiger partial charge >= 0.3 is 0 Å². The van der Waals surface area contributed by atoms with E-state index in [9.17, 15) is 0 Å². The highest BCUT2D eigenvalue weighted by molar-refractivity contribution is 5.41. The van der Waals surface area contributed by atoms with E-state index in [0.717, 1.165) is 23.7 Å². The molecule has 0 aliphatic heterocycles.